The highest BCUT2D eigenvalue weighted by Crippen LogP contribution is 2.42. The highest BCUT2D eigenvalue weighted by atomic mass is 79.9. The van der Waals surface area contributed by atoms with Crippen LogP contribution in [0.5, 0.6) is 0 Å². The molecule has 0 atom stereocenters. The van der Waals surface area contributed by atoms with Crippen LogP contribution in [0.2, 0.25) is 5.02 Å². The first-order chi connectivity index (χ1) is 15.4. The van der Waals surface area contributed by atoms with E-state index in [4.69, 9.17) is 17.3 Å². The van der Waals surface area contributed by atoms with Crippen LogP contribution in [0.1, 0.15) is 47.2 Å². The molecule has 169 valence electrons. The van der Waals surface area contributed by atoms with Crippen molar-refractivity contribution in [3.05, 3.63) is 75.1 Å². The van der Waals surface area contributed by atoms with E-state index in [1.54, 1.807) is 6.07 Å². The third-order valence-corrected chi connectivity index (χ3v) is 7.65. The van der Waals surface area contributed by atoms with Gasteiger partial charge in [-0.05, 0) is 81.1 Å². The zero-order valence-electron chi connectivity index (χ0n) is 18.0. The number of benzene rings is 2. The fourth-order valence-corrected chi connectivity index (χ4v) is 5.44. The van der Waals surface area contributed by atoms with E-state index >= 15 is 0 Å². The van der Waals surface area contributed by atoms with Gasteiger partial charge >= 0.3 is 0 Å². The van der Waals surface area contributed by atoms with Crippen LogP contribution >= 0.6 is 27.5 Å². The summed E-state index contributed by atoms with van der Waals surface area (Å²) in [5, 5.41) is 0.388. The molecule has 0 saturated carbocycles. The number of halogens is 2. The quantitative estimate of drug-likeness (QED) is 0.581. The Balaban J connectivity index is 1.27. The van der Waals surface area contributed by atoms with Gasteiger partial charge in [-0.25, -0.2) is 0 Å². The molecule has 2 heterocycles. The lowest BCUT2D eigenvalue weighted by molar-refractivity contribution is -0.138. The molecule has 0 bridgehead atoms. The molecule has 0 aliphatic carbocycles. The van der Waals surface area contributed by atoms with Crippen LogP contribution in [0.4, 0.5) is 0 Å². The molecule has 2 saturated heterocycles. The maximum Gasteiger partial charge on any atom is 0.250 e. The zero-order valence-corrected chi connectivity index (χ0v) is 20.4. The lowest BCUT2D eigenvalue weighted by Crippen LogP contribution is -2.44. The molecule has 4 rings (SSSR count). The van der Waals surface area contributed by atoms with Crippen LogP contribution in [0.25, 0.3) is 0 Å². The van der Waals surface area contributed by atoms with Crippen LogP contribution in [-0.2, 0) is 11.3 Å². The van der Waals surface area contributed by atoms with Gasteiger partial charge in [0.05, 0.1) is 16.0 Å². The molecule has 2 aliphatic heterocycles. The number of carbonyl (C=O) groups is 2. The van der Waals surface area contributed by atoms with Gasteiger partial charge in [-0.15, -0.1) is 0 Å². The molecule has 0 aromatic heterocycles. The van der Waals surface area contributed by atoms with Crippen LogP contribution in [0, 0.1) is 11.8 Å². The number of nitrogens with zero attached hydrogens (tertiary/aromatic N) is 2. The van der Waals surface area contributed by atoms with Crippen molar-refractivity contribution in [3.8, 4) is 0 Å². The minimum absolute atomic E-state index is 0.193. The summed E-state index contributed by atoms with van der Waals surface area (Å²) in [5.41, 5.74) is 7.63. The second kappa shape index (κ2) is 9.94. The number of carbonyl (C=O) groups excluding carboxylic acids is 2. The number of amides is 2. The fraction of sp³-hybridized carbons (Fsp3) is 0.400. The zero-order chi connectivity index (χ0) is 22.7. The lowest BCUT2D eigenvalue weighted by Gasteiger charge is -2.38. The average molecular weight is 518 g/mol. The highest BCUT2D eigenvalue weighted by molar-refractivity contribution is 9.10. The molecule has 7 heteroatoms. The van der Waals surface area contributed by atoms with Crippen molar-refractivity contribution < 1.29 is 9.59 Å². The third kappa shape index (κ3) is 5.03. The fourth-order valence-electron chi connectivity index (χ4n) is 4.90. The highest BCUT2D eigenvalue weighted by Gasteiger charge is 2.47. The van der Waals surface area contributed by atoms with Crippen molar-refractivity contribution in [1.29, 1.82) is 0 Å². The molecule has 2 N–H and O–H groups in total. The van der Waals surface area contributed by atoms with Crippen molar-refractivity contribution in [2.75, 3.05) is 26.2 Å². The first-order valence-corrected chi connectivity index (χ1v) is 12.2. The molecule has 2 amide bonds. The van der Waals surface area contributed by atoms with Gasteiger partial charge in [0.15, 0.2) is 0 Å². The monoisotopic (exact) mass is 516 g/mol. The molecular weight excluding hydrogens is 490 g/mol. The van der Waals surface area contributed by atoms with Gasteiger partial charge in [-0.3, -0.25) is 9.59 Å². The Morgan fingerprint density at radius 2 is 1.78 bits per heavy atom. The summed E-state index contributed by atoms with van der Waals surface area (Å²) in [4.78, 5) is 29.4. The molecule has 1 spiro atoms. The van der Waals surface area contributed by atoms with Gasteiger partial charge in [-0.1, -0.05) is 51.8 Å². The summed E-state index contributed by atoms with van der Waals surface area (Å²) in [6.07, 6.45) is 5.60. The van der Waals surface area contributed by atoms with Crippen LogP contribution in [0.3, 0.4) is 0 Å². The van der Waals surface area contributed by atoms with E-state index in [9.17, 15) is 9.59 Å². The summed E-state index contributed by atoms with van der Waals surface area (Å²) in [5.74, 6) is -0.189. The van der Waals surface area contributed by atoms with Gasteiger partial charge in [0, 0.05) is 17.6 Å². The van der Waals surface area contributed by atoms with E-state index in [0.717, 1.165) is 61.9 Å². The number of nitrogens with two attached hydrogens (primary N) is 1. The Bertz CT molecular complexity index is 987. The predicted octanol–water partition coefficient (Wildman–Crippen LogP) is 4.66. The van der Waals surface area contributed by atoms with Gasteiger partial charge in [0.25, 0.3) is 5.91 Å². The van der Waals surface area contributed by atoms with Crippen molar-refractivity contribution in [2.24, 2.45) is 11.1 Å². The molecule has 1 radical (unpaired) electrons. The summed E-state index contributed by atoms with van der Waals surface area (Å²) in [7, 11) is 0. The van der Waals surface area contributed by atoms with Gasteiger partial charge in [-0.2, -0.15) is 0 Å². The molecule has 2 aliphatic rings. The Hall–Kier alpha value is -1.89. The number of likely N-dealkylation sites (tertiary alicyclic amines) is 2. The summed E-state index contributed by atoms with van der Waals surface area (Å²) >= 11 is 9.60. The van der Waals surface area contributed by atoms with Crippen LogP contribution < -0.4 is 5.73 Å². The lowest BCUT2D eigenvalue weighted by atomic mass is 9.77. The van der Waals surface area contributed by atoms with Gasteiger partial charge in [0.2, 0.25) is 5.91 Å². The van der Waals surface area contributed by atoms with Crippen LogP contribution in [0.15, 0.2) is 46.9 Å². The molecule has 0 unspecified atom stereocenters. The Morgan fingerprint density at radius 1 is 1.09 bits per heavy atom. The standard InChI is InChI=1S/C25H28BrClN3O2/c26-20-8-6-18(7-9-20)17-30-16-12-25(24(30)32)10-14-29(15-11-25)13-2-4-19-3-1-5-21(27)22(19)23(28)31/h1,3-9H,2,10-17H2,(H2,28,31). The first-order valence-electron chi connectivity index (χ1n) is 11.1. The van der Waals surface area contributed by atoms with E-state index in [0.29, 0.717) is 23.0 Å². The topological polar surface area (TPSA) is 66.6 Å². The van der Waals surface area contributed by atoms with Crippen molar-refractivity contribution in [2.45, 2.75) is 32.2 Å². The Labute approximate surface area is 203 Å². The number of piperidine rings is 1. The Morgan fingerprint density at radius 3 is 2.47 bits per heavy atom. The predicted molar refractivity (Wildman–Crippen MR) is 130 cm³/mol. The maximum absolute atomic E-state index is 13.2. The first kappa shape index (κ1) is 23.3. The third-order valence-electron chi connectivity index (χ3n) is 6.80. The number of hydrogen-bond donors (Lipinski definition) is 1. The molecule has 32 heavy (non-hydrogen) atoms. The second-order valence-electron chi connectivity index (χ2n) is 8.79. The molecular formula is C25H28BrClN3O2. The molecule has 2 aromatic carbocycles. The summed E-state index contributed by atoms with van der Waals surface area (Å²) in [6, 6.07) is 13.6. The molecule has 2 aromatic rings. The second-order valence-corrected chi connectivity index (χ2v) is 10.1. The number of rotatable bonds is 7. The average Bonchev–Trinajstić information content (AvgIpc) is 3.06. The van der Waals surface area contributed by atoms with E-state index in [1.165, 1.54) is 5.56 Å². The van der Waals surface area contributed by atoms with E-state index < -0.39 is 5.91 Å². The maximum atomic E-state index is 13.2. The minimum Gasteiger partial charge on any atom is -0.366 e. The number of primary amides is 1. The largest absolute Gasteiger partial charge is 0.366 e. The molecule has 2 fully saturated rings. The van der Waals surface area contributed by atoms with E-state index in [2.05, 4.69) is 33.0 Å². The van der Waals surface area contributed by atoms with Gasteiger partial charge in [0.1, 0.15) is 0 Å². The van der Waals surface area contributed by atoms with Gasteiger partial charge < -0.3 is 15.5 Å². The smallest absolute Gasteiger partial charge is 0.250 e. The number of hydrogen-bond acceptors (Lipinski definition) is 3. The summed E-state index contributed by atoms with van der Waals surface area (Å²) in [6.45, 7) is 4.26. The SMILES string of the molecule is NC(=O)c1c(Cl)cccc1[CH]CCN1CCC2(CC1)CCN(Cc1ccc(Br)cc1)C2=O. The minimum atomic E-state index is -0.505. The van der Waals surface area contributed by atoms with Crippen LogP contribution in [-0.4, -0.2) is 47.8 Å². The summed E-state index contributed by atoms with van der Waals surface area (Å²) < 4.78 is 1.05. The van der Waals surface area contributed by atoms with E-state index in [-0.39, 0.29) is 5.41 Å². The van der Waals surface area contributed by atoms with Crippen molar-refractivity contribution >= 4 is 39.3 Å². The molecule has 5 nitrogen and oxygen atoms in total. The van der Waals surface area contributed by atoms with Crippen molar-refractivity contribution in [1.82, 2.24) is 9.80 Å². The van der Waals surface area contributed by atoms with Crippen molar-refractivity contribution in [3.63, 3.8) is 0 Å². The Kier molecular flexibility index (Phi) is 7.23. The van der Waals surface area contributed by atoms with E-state index in [1.807, 2.05) is 35.6 Å². The normalized spacial score (nSPS) is 18.4.